The summed E-state index contributed by atoms with van der Waals surface area (Å²) in [6.45, 7) is 0. The lowest BCUT2D eigenvalue weighted by molar-refractivity contribution is 0.670. The minimum Gasteiger partial charge on any atom is -0.455 e. The molecule has 3 heteroatoms. The molecule has 0 saturated carbocycles. The molecule has 0 bridgehead atoms. The predicted octanol–water partition coefficient (Wildman–Crippen LogP) is 13.0. The SMILES string of the molecule is c1ccc(-c2cc(-c3ccc(-c4ccc(-c5ccccc5)c5c4oc4cc6ccccc6cc45)c4ccccc34)nc(-c3ccccc3)n2)cc1. The van der Waals surface area contributed by atoms with Gasteiger partial charge in [0.1, 0.15) is 11.2 Å². The van der Waals surface area contributed by atoms with E-state index in [-0.39, 0.29) is 0 Å². The Balaban J connectivity index is 1.22. The van der Waals surface area contributed by atoms with E-state index in [4.69, 9.17) is 14.4 Å². The van der Waals surface area contributed by atoms with Crippen LogP contribution in [0.5, 0.6) is 0 Å². The average Bonchev–Trinajstić information content (AvgIpc) is 3.58. The molecule has 10 aromatic rings. The maximum atomic E-state index is 6.88. The van der Waals surface area contributed by atoms with Gasteiger partial charge in [0.05, 0.1) is 11.4 Å². The monoisotopic (exact) mass is 650 g/mol. The first-order chi connectivity index (χ1) is 25.3. The van der Waals surface area contributed by atoms with E-state index in [0.717, 1.165) is 88.4 Å². The Bertz CT molecular complexity index is 2840. The molecule has 2 aromatic heterocycles. The van der Waals surface area contributed by atoms with Crippen LogP contribution >= 0.6 is 0 Å². The zero-order valence-electron chi connectivity index (χ0n) is 27.6. The van der Waals surface area contributed by atoms with Gasteiger partial charge in [0.15, 0.2) is 5.82 Å². The highest BCUT2D eigenvalue weighted by molar-refractivity contribution is 6.20. The molecule has 2 heterocycles. The third kappa shape index (κ3) is 4.98. The van der Waals surface area contributed by atoms with Crippen molar-refractivity contribution in [1.29, 1.82) is 0 Å². The van der Waals surface area contributed by atoms with Crippen molar-refractivity contribution >= 4 is 43.5 Å². The van der Waals surface area contributed by atoms with E-state index in [1.807, 2.05) is 36.4 Å². The minimum atomic E-state index is 0.702. The molecule has 0 saturated heterocycles. The summed E-state index contributed by atoms with van der Waals surface area (Å²) in [5.74, 6) is 0.702. The average molecular weight is 651 g/mol. The summed E-state index contributed by atoms with van der Waals surface area (Å²) in [5, 5.41) is 6.86. The van der Waals surface area contributed by atoms with Crippen LogP contribution < -0.4 is 0 Å². The Morgan fingerprint density at radius 3 is 1.61 bits per heavy atom. The molecule has 8 aromatic carbocycles. The summed E-state index contributed by atoms with van der Waals surface area (Å²) in [6.07, 6.45) is 0. The van der Waals surface area contributed by atoms with Gasteiger partial charge in [-0.25, -0.2) is 9.97 Å². The molecule has 0 aliphatic carbocycles. The van der Waals surface area contributed by atoms with Crippen molar-refractivity contribution < 1.29 is 4.42 Å². The molecule has 10 rings (SSSR count). The van der Waals surface area contributed by atoms with Gasteiger partial charge in [-0.2, -0.15) is 0 Å². The van der Waals surface area contributed by atoms with Gasteiger partial charge in [-0.3, -0.25) is 0 Å². The van der Waals surface area contributed by atoms with Crippen molar-refractivity contribution in [2.45, 2.75) is 0 Å². The van der Waals surface area contributed by atoms with E-state index >= 15 is 0 Å². The number of aromatic nitrogens is 2. The third-order valence-electron chi connectivity index (χ3n) is 9.89. The van der Waals surface area contributed by atoms with Crippen LogP contribution in [-0.4, -0.2) is 9.97 Å². The van der Waals surface area contributed by atoms with E-state index in [1.54, 1.807) is 0 Å². The summed E-state index contributed by atoms with van der Waals surface area (Å²) in [4.78, 5) is 10.2. The van der Waals surface area contributed by atoms with Gasteiger partial charge in [0, 0.05) is 33.0 Å². The second-order valence-electron chi connectivity index (χ2n) is 12.9. The first-order valence-electron chi connectivity index (χ1n) is 17.2. The fourth-order valence-electron chi connectivity index (χ4n) is 7.45. The zero-order valence-corrected chi connectivity index (χ0v) is 27.6. The first-order valence-corrected chi connectivity index (χ1v) is 17.2. The highest BCUT2D eigenvalue weighted by Gasteiger charge is 2.20. The molecular formula is C48H30N2O. The molecule has 3 nitrogen and oxygen atoms in total. The summed E-state index contributed by atoms with van der Waals surface area (Å²) in [6, 6.07) is 63.7. The van der Waals surface area contributed by atoms with E-state index in [0.29, 0.717) is 5.82 Å². The van der Waals surface area contributed by atoms with Crippen molar-refractivity contribution in [1.82, 2.24) is 9.97 Å². The van der Waals surface area contributed by atoms with Crippen LogP contribution in [0.4, 0.5) is 0 Å². The number of hydrogen-bond donors (Lipinski definition) is 0. The predicted molar refractivity (Wildman–Crippen MR) is 212 cm³/mol. The molecule has 238 valence electrons. The quantitative estimate of drug-likeness (QED) is 0.186. The van der Waals surface area contributed by atoms with Crippen LogP contribution in [0.2, 0.25) is 0 Å². The number of hydrogen-bond acceptors (Lipinski definition) is 3. The normalized spacial score (nSPS) is 11.5. The Morgan fingerprint density at radius 1 is 0.353 bits per heavy atom. The Hall–Kier alpha value is -6.84. The van der Waals surface area contributed by atoms with E-state index in [9.17, 15) is 0 Å². The highest BCUT2D eigenvalue weighted by Crippen LogP contribution is 2.45. The van der Waals surface area contributed by atoms with Crippen LogP contribution in [0.3, 0.4) is 0 Å². The number of fused-ring (bicyclic) bond motifs is 5. The molecule has 51 heavy (non-hydrogen) atoms. The van der Waals surface area contributed by atoms with Gasteiger partial charge in [0.25, 0.3) is 0 Å². The van der Waals surface area contributed by atoms with Crippen LogP contribution in [-0.2, 0) is 0 Å². The molecule has 0 unspecified atom stereocenters. The molecular weight excluding hydrogens is 621 g/mol. The van der Waals surface area contributed by atoms with Crippen LogP contribution in [0, 0.1) is 0 Å². The van der Waals surface area contributed by atoms with Crippen molar-refractivity contribution in [2.75, 3.05) is 0 Å². The number of rotatable bonds is 5. The number of benzene rings is 8. The van der Waals surface area contributed by atoms with E-state index in [2.05, 4.69) is 146 Å². The molecule has 0 N–H and O–H groups in total. The van der Waals surface area contributed by atoms with Gasteiger partial charge >= 0.3 is 0 Å². The fraction of sp³-hybridized carbons (Fsp3) is 0. The maximum absolute atomic E-state index is 6.88. The lowest BCUT2D eigenvalue weighted by atomic mass is 9.90. The van der Waals surface area contributed by atoms with Gasteiger partial charge in [-0.1, -0.05) is 158 Å². The van der Waals surface area contributed by atoms with Crippen molar-refractivity contribution in [2.24, 2.45) is 0 Å². The molecule has 0 atom stereocenters. The fourth-order valence-corrected chi connectivity index (χ4v) is 7.45. The lowest BCUT2D eigenvalue weighted by Crippen LogP contribution is -1.96. The largest absolute Gasteiger partial charge is 0.455 e. The highest BCUT2D eigenvalue weighted by atomic mass is 16.3. The lowest BCUT2D eigenvalue weighted by Gasteiger charge is -2.15. The number of nitrogens with zero attached hydrogens (tertiary/aromatic N) is 2. The molecule has 0 aliphatic rings. The van der Waals surface area contributed by atoms with Gasteiger partial charge in [0.2, 0.25) is 0 Å². The topological polar surface area (TPSA) is 38.9 Å². The van der Waals surface area contributed by atoms with Crippen LogP contribution in [0.25, 0.3) is 99.6 Å². The summed E-state index contributed by atoms with van der Waals surface area (Å²) in [5.41, 5.74) is 11.1. The molecule has 0 aliphatic heterocycles. The van der Waals surface area contributed by atoms with Crippen molar-refractivity contribution in [3.05, 3.63) is 182 Å². The minimum absolute atomic E-state index is 0.702. The van der Waals surface area contributed by atoms with Crippen molar-refractivity contribution in [3.63, 3.8) is 0 Å². The third-order valence-corrected chi connectivity index (χ3v) is 9.89. The van der Waals surface area contributed by atoms with Crippen molar-refractivity contribution in [3.8, 4) is 56.2 Å². The molecule has 0 radical (unpaired) electrons. The van der Waals surface area contributed by atoms with Crippen LogP contribution in [0.15, 0.2) is 186 Å². The summed E-state index contributed by atoms with van der Waals surface area (Å²) >= 11 is 0. The van der Waals surface area contributed by atoms with Gasteiger partial charge in [-0.15, -0.1) is 0 Å². The van der Waals surface area contributed by atoms with E-state index < -0.39 is 0 Å². The standard InChI is InChI=1S/C48H30N2O/c1-4-14-31(15-5-1)36-24-27-41(47-46(36)42-28-34-20-10-11-21-35(34)29-45(42)51-47)39-25-26-40(38-23-13-12-22-37(38)39)44-30-43(32-16-6-2-7-17-32)49-48(50-44)33-18-8-3-9-19-33/h1-30H. The molecule has 0 spiro atoms. The maximum Gasteiger partial charge on any atom is 0.160 e. The molecule has 0 amide bonds. The second kappa shape index (κ2) is 11.9. The van der Waals surface area contributed by atoms with E-state index in [1.165, 1.54) is 5.39 Å². The number of furan rings is 1. The van der Waals surface area contributed by atoms with Crippen LogP contribution in [0.1, 0.15) is 0 Å². The molecule has 0 fully saturated rings. The van der Waals surface area contributed by atoms with Gasteiger partial charge < -0.3 is 4.42 Å². The van der Waals surface area contributed by atoms with Gasteiger partial charge in [-0.05, 0) is 62.5 Å². The first kappa shape index (κ1) is 29.1. The summed E-state index contributed by atoms with van der Waals surface area (Å²) in [7, 11) is 0. The smallest absolute Gasteiger partial charge is 0.160 e. The summed E-state index contributed by atoms with van der Waals surface area (Å²) < 4.78 is 6.88. The Kier molecular flexibility index (Phi) is 6.81. The zero-order chi connectivity index (χ0) is 33.7. The Morgan fingerprint density at radius 2 is 0.882 bits per heavy atom. The second-order valence-corrected chi connectivity index (χ2v) is 12.9. The Labute approximate surface area is 295 Å².